The van der Waals surface area contributed by atoms with Crippen LogP contribution in [0.2, 0.25) is 0 Å². The number of hydrogen-bond acceptors (Lipinski definition) is 6. The van der Waals surface area contributed by atoms with Gasteiger partial charge in [-0.25, -0.2) is 4.98 Å². The Hall–Kier alpha value is -1.74. The van der Waals surface area contributed by atoms with Crippen molar-refractivity contribution in [1.82, 2.24) is 14.9 Å². The summed E-state index contributed by atoms with van der Waals surface area (Å²) in [6, 6.07) is 5.49. The minimum atomic E-state index is -0.767. The highest BCUT2D eigenvalue weighted by Crippen LogP contribution is 2.28. The van der Waals surface area contributed by atoms with Gasteiger partial charge in [0.05, 0.1) is 18.8 Å². The molecule has 0 spiro atoms. The van der Waals surface area contributed by atoms with E-state index in [9.17, 15) is 15.0 Å². The molecule has 2 unspecified atom stereocenters. The smallest absolute Gasteiger partial charge is 0.294 e. The lowest BCUT2D eigenvalue weighted by molar-refractivity contribution is 0.0572. The molecule has 2 atom stereocenters. The zero-order valence-corrected chi connectivity index (χ0v) is 13.6. The first-order valence-electron chi connectivity index (χ1n) is 7.21. The highest BCUT2D eigenvalue weighted by molar-refractivity contribution is 9.10. The number of aliphatic hydroxyl groups excluding tert-OH is 2. The van der Waals surface area contributed by atoms with E-state index < -0.39 is 12.2 Å². The molecule has 1 aromatic carbocycles. The number of benzene rings is 1. The Labute approximate surface area is 138 Å². The van der Waals surface area contributed by atoms with Crippen molar-refractivity contribution in [2.24, 2.45) is 0 Å². The number of furan rings is 1. The van der Waals surface area contributed by atoms with Crippen molar-refractivity contribution in [3.8, 4) is 0 Å². The Morgan fingerprint density at radius 1 is 1.35 bits per heavy atom. The fraction of sp³-hybridized carbons (Fsp3) is 0.333. The van der Waals surface area contributed by atoms with E-state index in [0.29, 0.717) is 36.6 Å². The summed E-state index contributed by atoms with van der Waals surface area (Å²) in [5.41, 5.74) is 0.978. The second-order valence-corrected chi connectivity index (χ2v) is 6.68. The highest BCUT2D eigenvalue weighted by Gasteiger charge is 2.30. The van der Waals surface area contributed by atoms with E-state index in [0.717, 1.165) is 9.86 Å². The van der Waals surface area contributed by atoms with Gasteiger partial charge >= 0.3 is 0 Å². The zero-order chi connectivity index (χ0) is 16.1. The number of aliphatic hydroxyl groups is 2. The summed E-state index contributed by atoms with van der Waals surface area (Å²) < 4.78 is 6.45. The third-order valence-corrected chi connectivity index (χ3v) is 4.54. The monoisotopic (exact) mass is 379 g/mol. The fourth-order valence-electron chi connectivity index (χ4n) is 2.94. The van der Waals surface area contributed by atoms with E-state index in [1.165, 1.54) is 0 Å². The van der Waals surface area contributed by atoms with Crippen LogP contribution in [0.15, 0.2) is 31.9 Å². The predicted molar refractivity (Wildman–Crippen MR) is 87.1 cm³/mol. The zero-order valence-electron chi connectivity index (χ0n) is 12.0. The molecule has 1 aliphatic heterocycles. The van der Waals surface area contributed by atoms with Gasteiger partial charge in [-0.05, 0) is 18.2 Å². The van der Waals surface area contributed by atoms with Crippen LogP contribution in [-0.2, 0) is 6.54 Å². The standard InChI is InChI=1S/C15H14BrN3O4/c16-7-1-2-11-8(3-7)13-14(23-11)15(22)18-12(17-13)6-19-4-9(20)10(21)5-19/h1-3,9-10,20-21H,4-6H2,(H,17,18,22). The molecule has 1 fully saturated rings. The molecule has 0 aliphatic carbocycles. The summed E-state index contributed by atoms with van der Waals surface area (Å²) in [4.78, 5) is 21.3. The lowest BCUT2D eigenvalue weighted by Gasteiger charge is -2.13. The number of halogens is 1. The molecular formula is C15H14BrN3O4. The van der Waals surface area contributed by atoms with Gasteiger partial charge in [0.2, 0.25) is 5.58 Å². The molecule has 120 valence electrons. The summed E-state index contributed by atoms with van der Waals surface area (Å²) in [6.07, 6.45) is -1.53. The number of likely N-dealkylation sites (tertiary alicyclic amines) is 1. The van der Waals surface area contributed by atoms with Crippen LogP contribution < -0.4 is 5.56 Å². The molecule has 23 heavy (non-hydrogen) atoms. The molecule has 7 nitrogen and oxygen atoms in total. The number of H-pyrrole nitrogens is 1. The molecule has 0 amide bonds. The minimum Gasteiger partial charge on any atom is -0.449 e. The van der Waals surface area contributed by atoms with Crippen LogP contribution in [0.3, 0.4) is 0 Å². The first-order chi connectivity index (χ1) is 11.0. The van der Waals surface area contributed by atoms with Crippen molar-refractivity contribution in [3.05, 3.63) is 38.9 Å². The molecule has 4 rings (SSSR count). The molecule has 0 bridgehead atoms. The van der Waals surface area contributed by atoms with Crippen LogP contribution in [0, 0.1) is 0 Å². The number of rotatable bonds is 2. The Kier molecular flexibility index (Phi) is 3.49. The van der Waals surface area contributed by atoms with E-state index in [1.54, 1.807) is 6.07 Å². The van der Waals surface area contributed by atoms with Crippen LogP contribution >= 0.6 is 15.9 Å². The molecule has 0 saturated carbocycles. The predicted octanol–water partition coefficient (Wildman–Crippen LogP) is 0.969. The number of aromatic nitrogens is 2. The first-order valence-corrected chi connectivity index (χ1v) is 8.00. The molecular weight excluding hydrogens is 366 g/mol. The number of hydrogen-bond donors (Lipinski definition) is 3. The second kappa shape index (κ2) is 5.41. The summed E-state index contributed by atoms with van der Waals surface area (Å²) in [5, 5.41) is 20.0. The maximum Gasteiger partial charge on any atom is 0.294 e. The Bertz CT molecular complexity index is 941. The molecule has 1 aliphatic rings. The second-order valence-electron chi connectivity index (χ2n) is 5.76. The lowest BCUT2D eigenvalue weighted by Crippen LogP contribution is -2.24. The Balaban J connectivity index is 1.78. The summed E-state index contributed by atoms with van der Waals surface area (Å²) in [5.74, 6) is 0.478. The van der Waals surface area contributed by atoms with Crippen molar-refractivity contribution in [1.29, 1.82) is 0 Å². The van der Waals surface area contributed by atoms with Crippen molar-refractivity contribution in [3.63, 3.8) is 0 Å². The number of nitrogens with zero attached hydrogens (tertiary/aromatic N) is 2. The maximum atomic E-state index is 12.2. The molecule has 3 aromatic rings. The van der Waals surface area contributed by atoms with Crippen molar-refractivity contribution < 1.29 is 14.6 Å². The van der Waals surface area contributed by atoms with Gasteiger partial charge in [-0.1, -0.05) is 15.9 Å². The number of β-amino-alcohol motifs (C(OH)–C–C–N with tert-alkyl or cyclic N) is 2. The summed E-state index contributed by atoms with van der Waals surface area (Å²) in [7, 11) is 0. The van der Waals surface area contributed by atoms with Crippen molar-refractivity contribution in [2.75, 3.05) is 13.1 Å². The topological polar surface area (TPSA) is 103 Å². The SMILES string of the molecule is O=c1[nH]c(CN2CC(O)C(O)C2)nc2c1oc1ccc(Br)cc12. The van der Waals surface area contributed by atoms with Gasteiger partial charge in [0, 0.05) is 22.9 Å². The van der Waals surface area contributed by atoms with Crippen LogP contribution in [0.4, 0.5) is 0 Å². The quantitative estimate of drug-likeness (QED) is 0.612. The Morgan fingerprint density at radius 2 is 2.09 bits per heavy atom. The maximum absolute atomic E-state index is 12.2. The molecule has 3 N–H and O–H groups in total. The third kappa shape index (κ3) is 2.57. The van der Waals surface area contributed by atoms with Crippen LogP contribution in [0.25, 0.3) is 22.1 Å². The molecule has 0 radical (unpaired) electrons. The van der Waals surface area contributed by atoms with Gasteiger partial charge in [0.25, 0.3) is 5.56 Å². The molecule has 8 heteroatoms. The van der Waals surface area contributed by atoms with E-state index in [1.807, 2.05) is 17.0 Å². The van der Waals surface area contributed by atoms with E-state index in [2.05, 4.69) is 25.9 Å². The number of aromatic amines is 1. The largest absolute Gasteiger partial charge is 0.449 e. The van der Waals surface area contributed by atoms with Gasteiger partial charge in [-0.2, -0.15) is 0 Å². The van der Waals surface area contributed by atoms with Crippen molar-refractivity contribution in [2.45, 2.75) is 18.8 Å². The van der Waals surface area contributed by atoms with E-state index >= 15 is 0 Å². The van der Waals surface area contributed by atoms with Crippen LogP contribution in [0.5, 0.6) is 0 Å². The third-order valence-electron chi connectivity index (χ3n) is 4.04. The van der Waals surface area contributed by atoms with E-state index in [4.69, 9.17) is 4.42 Å². The first kappa shape index (κ1) is 14.8. The average Bonchev–Trinajstić information content (AvgIpc) is 3.00. The Morgan fingerprint density at radius 3 is 2.83 bits per heavy atom. The average molecular weight is 380 g/mol. The van der Waals surface area contributed by atoms with Gasteiger partial charge in [-0.15, -0.1) is 0 Å². The van der Waals surface area contributed by atoms with Gasteiger partial charge in [0.1, 0.15) is 16.9 Å². The molecule has 1 saturated heterocycles. The van der Waals surface area contributed by atoms with Gasteiger partial charge in [0.15, 0.2) is 0 Å². The molecule has 3 heterocycles. The van der Waals surface area contributed by atoms with Crippen LogP contribution in [0.1, 0.15) is 5.82 Å². The minimum absolute atomic E-state index is 0.198. The normalized spacial score (nSPS) is 22.4. The van der Waals surface area contributed by atoms with Crippen LogP contribution in [-0.4, -0.2) is 50.4 Å². The molecule has 2 aromatic heterocycles. The lowest BCUT2D eigenvalue weighted by atomic mass is 10.2. The van der Waals surface area contributed by atoms with E-state index in [-0.39, 0.29) is 11.1 Å². The number of nitrogens with one attached hydrogen (secondary N) is 1. The number of fused-ring (bicyclic) bond motifs is 3. The summed E-state index contributed by atoms with van der Waals surface area (Å²) in [6.45, 7) is 1.04. The fourth-order valence-corrected chi connectivity index (χ4v) is 3.30. The van der Waals surface area contributed by atoms with Crippen molar-refractivity contribution >= 4 is 38.0 Å². The van der Waals surface area contributed by atoms with Gasteiger partial charge < -0.3 is 19.6 Å². The highest BCUT2D eigenvalue weighted by atomic mass is 79.9. The van der Waals surface area contributed by atoms with Gasteiger partial charge in [-0.3, -0.25) is 9.69 Å². The summed E-state index contributed by atoms with van der Waals surface area (Å²) >= 11 is 3.40.